The van der Waals surface area contributed by atoms with Crippen LogP contribution in [0.1, 0.15) is 26.2 Å². The van der Waals surface area contributed by atoms with Gasteiger partial charge in [0.05, 0.1) is 33.3 Å². The number of benzene rings is 1. The van der Waals surface area contributed by atoms with Gasteiger partial charge < -0.3 is 14.2 Å². The predicted molar refractivity (Wildman–Crippen MR) is 121 cm³/mol. The van der Waals surface area contributed by atoms with Crippen LogP contribution in [-0.2, 0) is 25.7 Å². The number of ether oxygens (including phenoxy) is 1. The van der Waals surface area contributed by atoms with E-state index in [1.54, 1.807) is 6.92 Å². The molecule has 32 heavy (non-hydrogen) atoms. The minimum atomic E-state index is -0.507. The molecule has 2 aromatic rings. The largest absolute Gasteiger partial charge is 0.465 e. The maximum Gasteiger partial charge on any atom is 0.326 e. The first kappa shape index (κ1) is 23.9. The van der Waals surface area contributed by atoms with Gasteiger partial charge in [-0.05, 0) is 32.3 Å². The molecule has 0 atom stereocenters. The molecular formula is C20H24N4O6S2. The molecule has 3 rings (SSSR count). The Hall–Kier alpha value is -2.73. The average Bonchev–Trinajstić information content (AvgIpc) is 3.10. The fourth-order valence-electron chi connectivity index (χ4n) is 3.35. The number of non-ortho nitro benzene ring substituents is 1. The monoisotopic (exact) mass is 480 g/mol. The van der Waals surface area contributed by atoms with Gasteiger partial charge in [-0.25, -0.2) is 0 Å². The first-order chi connectivity index (χ1) is 15.4. The molecule has 1 aromatic heterocycles. The summed E-state index contributed by atoms with van der Waals surface area (Å²) >= 11 is 2.29. The van der Waals surface area contributed by atoms with Crippen molar-refractivity contribution in [3.63, 3.8) is 0 Å². The number of fused-ring (bicyclic) bond motifs is 1. The van der Waals surface area contributed by atoms with Gasteiger partial charge in [-0.1, -0.05) is 11.3 Å². The van der Waals surface area contributed by atoms with E-state index in [-0.39, 0.29) is 41.1 Å². The van der Waals surface area contributed by atoms with E-state index in [0.29, 0.717) is 10.2 Å². The standard InChI is InChI=1S/C20H24N4O6S2/c1-2-30-19(27)11-23-15-7-6-14(24(28)29)10-16(15)32-20(23)21-17(25)12-31-13-18(26)22-8-4-3-5-9-22/h6-7,10H,2-5,8-9,11-13H2,1H3. The number of amides is 2. The van der Waals surface area contributed by atoms with Crippen LogP contribution < -0.4 is 4.80 Å². The van der Waals surface area contributed by atoms with Crippen LogP contribution in [0.4, 0.5) is 5.69 Å². The topological polar surface area (TPSA) is 124 Å². The summed E-state index contributed by atoms with van der Waals surface area (Å²) in [6.45, 7) is 3.26. The Balaban J connectivity index is 1.76. The minimum absolute atomic E-state index is 0.0212. The Kier molecular flexibility index (Phi) is 8.39. The Morgan fingerprint density at radius 1 is 1.22 bits per heavy atom. The lowest BCUT2D eigenvalue weighted by atomic mass is 10.1. The van der Waals surface area contributed by atoms with E-state index in [0.717, 1.165) is 43.7 Å². The summed E-state index contributed by atoms with van der Waals surface area (Å²) in [6, 6.07) is 4.25. The zero-order valence-corrected chi connectivity index (χ0v) is 19.3. The van der Waals surface area contributed by atoms with Gasteiger partial charge in [0.1, 0.15) is 6.54 Å². The Morgan fingerprint density at radius 3 is 2.66 bits per heavy atom. The second-order valence-corrected chi connectivity index (χ2v) is 9.12. The number of nitro benzene ring substituents is 1. The van der Waals surface area contributed by atoms with E-state index >= 15 is 0 Å². The molecule has 1 aliphatic rings. The van der Waals surface area contributed by atoms with E-state index in [1.165, 1.54) is 34.5 Å². The molecule has 1 aliphatic heterocycles. The summed E-state index contributed by atoms with van der Waals surface area (Å²) in [5.74, 6) is -0.689. The number of thiazole rings is 1. The van der Waals surface area contributed by atoms with Crippen LogP contribution in [0.25, 0.3) is 10.2 Å². The van der Waals surface area contributed by atoms with E-state index < -0.39 is 16.8 Å². The highest BCUT2D eigenvalue weighted by Crippen LogP contribution is 2.23. The molecule has 0 bridgehead atoms. The summed E-state index contributed by atoms with van der Waals surface area (Å²) in [5, 5.41) is 11.1. The zero-order valence-electron chi connectivity index (χ0n) is 17.7. The molecule has 0 spiro atoms. The molecule has 0 radical (unpaired) electrons. The number of esters is 1. The molecule has 2 amide bonds. The number of carbonyl (C=O) groups is 3. The van der Waals surface area contributed by atoms with Gasteiger partial charge in [0.25, 0.3) is 11.6 Å². The maximum atomic E-state index is 12.4. The third-order valence-corrected chi connectivity index (χ3v) is 6.79. The highest BCUT2D eigenvalue weighted by molar-refractivity contribution is 8.00. The highest BCUT2D eigenvalue weighted by Gasteiger charge is 2.18. The minimum Gasteiger partial charge on any atom is -0.465 e. The van der Waals surface area contributed by atoms with Crippen molar-refractivity contribution in [3.8, 4) is 0 Å². The molecule has 12 heteroatoms. The predicted octanol–water partition coefficient (Wildman–Crippen LogP) is 2.35. The number of rotatable bonds is 8. The first-order valence-electron chi connectivity index (χ1n) is 10.3. The van der Waals surface area contributed by atoms with Crippen molar-refractivity contribution in [3.05, 3.63) is 33.1 Å². The molecule has 172 valence electrons. The second-order valence-electron chi connectivity index (χ2n) is 7.12. The van der Waals surface area contributed by atoms with Crippen LogP contribution in [0.2, 0.25) is 0 Å². The van der Waals surface area contributed by atoms with Crippen LogP contribution in [-0.4, -0.2) is 63.4 Å². The van der Waals surface area contributed by atoms with E-state index in [9.17, 15) is 24.5 Å². The first-order valence-corrected chi connectivity index (χ1v) is 12.2. The van der Waals surface area contributed by atoms with Gasteiger partial charge in [-0.15, -0.1) is 11.8 Å². The third kappa shape index (κ3) is 6.16. The average molecular weight is 481 g/mol. The van der Waals surface area contributed by atoms with Crippen LogP contribution >= 0.6 is 23.1 Å². The fraction of sp³-hybridized carbons (Fsp3) is 0.500. The van der Waals surface area contributed by atoms with Crippen molar-refractivity contribution in [2.75, 3.05) is 31.2 Å². The lowest BCUT2D eigenvalue weighted by Gasteiger charge is -2.26. The lowest BCUT2D eigenvalue weighted by Crippen LogP contribution is -2.36. The summed E-state index contributed by atoms with van der Waals surface area (Å²) in [6.07, 6.45) is 3.16. The summed E-state index contributed by atoms with van der Waals surface area (Å²) < 4.78 is 7.05. The van der Waals surface area contributed by atoms with Crippen molar-refractivity contribution in [2.45, 2.75) is 32.7 Å². The van der Waals surface area contributed by atoms with Crippen LogP contribution in [0.5, 0.6) is 0 Å². The zero-order chi connectivity index (χ0) is 23.1. The molecule has 1 fully saturated rings. The number of thioether (sulfide) groups is 1. The van der Waals surface area contributed by atoms with Gasteiger partial charge in [-0.3, -0.25) is 24.5 Å². The summed E-state index contributed by atoms with van der Waals surface area (Å²) in [5.41, 5.74) is 0.458. The number of hydrogen-bond acceptors (Lipinski definition) is 8. The van der Waals surface area contributed by atoms with E-state index in [1.807, 2.05) is 4.90 Å². The van der Waals surface area contributed by atoms with Crippen LogP contribution in [0.15, 0.2) is 23.2 Å². The third-order valence-electron chi connectivity index (χ3n) is 4.85. The van der Waals surface area contributed by atoms with Crippen LogP contribution in [0, 0.1) is 10.1 Å². The molecule has 0 aliphatic carbocycles. The molecule has 1 aromatic carbocycles. The summed E-state index contributed by atoms with van der Waals surface area (Å²) in [4.78, 5) is 53.5. The fourth-order valence-corrected chi connectivity index (χ4v) is 5.13. The van der Waals surface area contributed by atoms with Crippen molar-refractivity contribution < 1.29 is 24.0 Å². The van der Waals surface area contributed by atoms with Crippen molar-refractivity contribution >= 4 is 56.8 Å². The number of carbonyl (C=O) groups excluding carboxylic acids is 3. The van der Waals surface area contributed by atoms with E-state index in [2.05, 4.69) is 4.99 Å². The molecular weight excluding hydrogens is 456 g/mol. The van der Waals surface area contributed by atoms with Crippen molar-refractivity contribution in [2.24, 2.45) is 4.99 Å². The van der Waals surface area contributed by atoms with Gasteiger partial charge in [0.15, 0.2) is 4.80 Å². The molecule has 1 saturated heterocycles. The summed E-state index contributed by atoms with van der Waals surface area (Å²) in [7, 11) is 0. The van der Waals surface area contributed by atoms with Gasteiger partial charge >= 0.3 is 5.97 Å². The number of nitro groups is 1. The van der Waals surface area contributed by atoms with Gasteiger partial charge in [0, 0.05) is 25.2 Å². The second kappa shape index (κ2) is 11.2. The maximum absolute atomic E-state index is 12.4. The van der Waals surface area contributed by atoms with Gasteiger partial charge in [0.2, 0.25) is 5.91 Å². The molecule has 2 heterocycles. The number of hydrogen-bond donors (Lipinski definition) is 0. The molecule has 0 N–H and O–H groups in total. The Labute approximate surface area is 192 Å². The van der Waals surface area contributed by atoms with Crippen molar-refractivity contribution in [1.29, 1.82) is 0 Å². The smallest absolute Gasteiger partial charge is 0.326 e. The number of piperidine rings is 1. The number of aromatic nitrogens is 1. The normalized spacial score (nSPS) is 14.5. The number of nitrogens with zero attached hydrogens (tertiary/aromatic N) is 4. The van der Waals surface area contributed by atoms with Crippen molar-refractivity contribution in [1.82, 2.24) is 9.47 Å². The molecule has 0 saturated carbocycles. The molecule has 10 nitrogen and oxygen atoms in total. The van der Waals surface area contributed by atoms with E-state index in [4.69, 9.17) is 4.74 Å². The number of likely N-dealkylation sites (tertiary alicyclic amines) is 1. The molecule has 0 unspecified atom stereocenters. The highest BCUT2D eigenvalue weighted by atomic mass is 32.2. The SMILES string of the molecule is CCOC(=O)Cn1c(=NC(=O)CSCC(=O)N2CCCCC2)sc2cc([N+](=O)[O-])ccc21. The quantitative estimate of drug-likeness (QED) is 0.323. The van der Waals surface area contributed by atoms with Crippen LogP contribution in [0.3, 0.4) is 0 Å². The Bertz CT molecular complexity index is 1090. The Morgan fingerprint density at radius 2 is 1.97 bits per heavy atom. The van der Waals surface area contributed by atoms with Gasteiger partial charge in [-0.2, -0.15) is 4.99 Å². The lowest BCUT2D eigenvalue weighted by molar-refractivity contribution is -0.384.